The summed E-state index contributed by atoms with van der Waals surface area (Å²) in [5.41, 5.74) is 2.11. The van der Waals surface area contributed by atoms with Crippen molar-refractivity contribution in [3.8, 4) is 5.75 Å². The van der Waals surface area contributed by atoms with E-state index >= 15 is 0 Å². The molecule has 1 heterocycles. The Bertz CT molecular complexity index is 797. The molecule has 0 spiro atoms. The van der Waals surface area contributed by atoms with Gasteiger partial charge in [-0.3, -0.25) is 9.59 Å². The fourth-order valence-corrected chi connectivity index (χ4v) is 3.05. The van der Waals surface area contributed by atoms with Gasteiger partial charge in [-0.25, -0.2) is 0 Å². The highest BCUT2D eigenvalue weighted by Crippen LogP contribution is 2.21. The van der Waals surface area contributed by atoms with Gasteiger partial charge < -0.3 is 15.0 Å². The van der Waals surface area contributed by atoms with Crippen LogP contribution in [-0.4, -0.2) is 35.9 Å². The molecule has 2 amide bonds. The Hall–Kier alpha value is -2.82. The van der Waals surface area contributed by atoms with Gasteiger partial charge in [-0.15, -0.1) is 0 Å². The predicted octanol–water partition coefficient (Wildman–Crippen LogP) is 3.64. The van der Waals surface area contributed by atoms with Crippen LogP contribution < -0.4 is 10.1 Å². The first-order valence-corrected chi connectivity index (χ1v) is 8.97. The number of anilines is 1. The number of benzene rings is 2. The molecule has 0 radical (unpaired) electrons. The monoisotopic (exact) mass is 352 g/mol. The van der Waals surface area contributed by atoms with Crippen molar-refractivity contribution >= 4 is 17.5 Å². The number of para-hydroxylation sites is 1. The topological polar surface area (TPSA) is 58.6 Å². The van der Waals surface area contributed by atoms with Crippen LogP contribution in [0.4, 0.5) is 5.69 Å². The van der Waals surface area contributed by atoms with Crippen molar-refractivity contribution < 1.29 is 14.3 Å². The van der Waals surface area contributed by atoms with E-state index in [4.69, 9.17) is 4.74 Å². The molecule has 2 aromatic rings. The Balaban J connectivity index is 1.70. The third kappa shape index (κ3) is 4.23. The Morgan fingerprint density at radius 1 is 1.08 bits per heavy atom. The van der Waals surface area contributed by atoms with Gasteiger partial charge in [0.25, 0.3) is 11.8 Å². The maximum atomic E-state index is 12.7. The number of hydrogen-bond donors (Lipinski definition) is 1. The van der Waals surface area contributed by atoms with Crippen molar-refractivity contribution in [2.75, 3.05) is 18.4 Å². The number of aryl methyl sites for hydroxylation is 1. The molecule has 1 atom stereocenters. The fraction of sp³-hybridized carbons (Fsp3) is 0.333. The van der Waals surface area contributed by atoms with Gasteiger partial charge in [-0.05, 0) is 56.5 Å². The van der Waals surface area contributed by atoms with E-state index in [1.807, 2.05) is 48.2 Å². The second-order valence-corrected chi connectivity index (χ2v) is 6.61. The van der Waals surface area contributed by atoms with Crippen molar-refractivity contribution in [3.05, 3.63) is 59.7 Å². The molecule has 5 nitrogen and oxygen atoms in total. The van der Waals surface area contributed by atoms with E-state index in [0.29, 0.717) is 17.0 Å². The molecule has 1 N–H and O–H groups in total. The van der Waals surface area contributed by atoms with Crippen LogP contribution in [-0.2, 0) is 4.79 Å². The summed E-state index contributed by atoms with van der Waals surface area (Å²) in [6.45, 7) is 5.21. The van der Waals surface area contributed by atoms with Crippen LogP contribution in [0.15, 0.2) is 48.5 Å². The lowest BCUT2D eigenvalue weighted by atomic mass is 10.1. The first kappa shape index (κ1) is 18.0. The van der Waals surface area contributed by atoms with Crippen LogP contribution >= 0.6 is 0 Å². The average Bonchev–Trinajstić information content (AvgIpc) is 3.16. The maximum absolute atomic E-state index is 12.7. The molecule has 0 aliphatic carbocycles. The number of carbonyl (C=O) groups excluding carboxylic acids is 2. The molecule has 5 heteroatoms. The minimum atomic E-state index is -0.674. The van der Waals surface area contributed by atoms with Gasteiger partial charge >= 0.3 is 0 Å². The molecule has 2 aromatic carbocycles. The second kappa shape index (κ2) is 8.04. The van der Waals surface area contributed by atoms with Gasteiger partial charge in [-0.1, -0.05) is 24.3 Å². The van der Waals surface area contributed by atoms with Gasteiger partial charge in [0.05, 0.1) is 11.3 Å². The van der Waals surface area contributed by atoms with Crippen LogP contribution in [0.5, 0.6) is 5.75 Å². The molecule has 26 heavy (non-hydrogen) atoms. The third-order valence-corrected chi connectivity index (χ3v) is 4.48. The van der Waals surface area contributed by atoms with Crippen molar-refractivity contribution in [1.82, 2.24) is 4.90 Å². The van der Waals surface area contributed by atoms with E-state index in [1.54, 1.807) is 19.1 Å². The molecule has 0 saturated carbocycles. The van der Waals surface area contributed by atoms with E-state index in [1.165, 1.54) is 0 Å². The Labute approximate surface area is 154 Å². The minimum Gasteiger partial charge on any atom is -0.481 e. The van der Waals surface area contributed by atoms with Gasteiger partial charge in [0, 0.05) is 13.1 Å². The Morgan fingerprint density at radius 3 is 2.54 bits per heavy atom. The zero-order chi connectivity index (χ0) is 18.5. The van der Waals surface area contributed by atoms with Crippen molar-refractivity contribution in [2.24, 2.45) is 0 Å². The molecular weight excluding hydrogens is 328 g/mol. The van der Waals surface area contributed by atoms with E-state index in [9.17, 15) is 9.59 Å². The number of nitrogens with one attached hydrogen (secondary N) is 1. The average molecular weight is 352 g/mol. The summed E-state index contributed by atoms with van der Waals surface area (Å²) in [4.78, 5) is 27.1. The van der Waals surface area contributed by atoms with Crippen molar-refractivity contribution in [3.63, 3.8) is 0 Å². The SMILES string of the molecule is Cc1cccc(O[C@@H](C)C(=O)Nc2ccccc2C(=O)N2CCCC2)c1. The van der Waals surface area contributed by atoms with Gasteiger partial charge in [0.1, 0.15) is 5.75 Å². The number of carbonyl (C=O) groups is 2. The Kier molecular flexibility index (Phi) is 5.56. The summed E-state index contributed by atoms with van der Waals surface area (Å²) in [7, 11) is 0. The van der Waals surface area contributed by atoms with E-state index < -0.39 is 6.10 Å². The van der Waals surface area contributed by atoms with E-state index in [-0.39, 0.29) is 11.8 Å². The first-order chi connectivity index (χ1) is 12.5. The third-order valence-electron chi connectivity index (χ3n) is 4.48. The standard InChI is InChI=1S/C21H24N2O3/c1-15-8-7-9-17(14-15)26-16(2)20(24)22-19-11-4-3-10-18(19)21(25)23-12-5-6-13-23/h3-4,7-11,14,16H,5-6,12-13H2,1-2H3,(H,22,24)/t16-/m0/s1. The van der Waals surface area contributed by atoms with Gasteiger partial charge in [0.15, 0.2) is 6.10 Å². The number of nitrogens with zero attached hydrogens (tertiary/aromatic N) is 1. The van der Waals surface area contributed by atoms with Crippen LogP contribution in [0, 0.1) is 6.92 Å². The van der Waals surface area contributed by atoms with E-state index in [2.05, 4.69) is 5.32 Å². The highest BCUT2D eigenvalue weighted by Gasteiger charge is 2.23. The quantitative estimate of drug-likeness (QED) is 0.894. The highest BCUT2D eigenvalue weighted by atomic mass is 16.5. The van der Waals surface area contributed by atoms with Crippen LogP contribution in [0.2, 0.25) is 0 Å². The number of hydrogen-bond acceptors (Lipinski definition) is 3. The van der Waals surface area contributed by atoms with Gasteiger partial charge in [-0.2, -0.15) is 0 Å². The highest BCUT2D eigenvalue weighted by molar-refractivity contribution is 6.04. The van der Waals surface area contributed by atoms with Crippen LogP contribution in [0.1, 0.15) is 35.7 Å². The lowest BCUT2D eigenvalue weighted by molar-refractivity contribution is -0.122. The fourth-order valence-electron chi connectivity index (χ4n) is 3.05. The molecule has 136 valence electrons. The summed E-state index contributed by atoms with van der Waals surface area (Å²) in [6.07, 6.45) is 1.38. The number of amides is 2. The smallest absolute Gasteiger partial charge is 0.265 e. The minimum absolute atomic E-state index is 0.0364. The molecule has 0 unspecified atom stereocenters. The summed E-state index contributed by atoms with van der Waals surface area (Å²) in [5, 5.41) is 2.84. The molecule has 0 aromatic heterocycles. The number of likely N-dealkylation sites (tertiary alicyclic amines) is 1. The lowest BCUT2D eigenvalue weighted by Gasteiger charge is -2.19. The largest absolute Gasteiger partial charge is 0.481 e. The molecule has 1 fully saturated rings. The molecule has 0 bridgehead atoms. The number of rotatable bonds is 5. The van der Waals surface area contributed by atoms with E-state index in [0.717, 1.165) is 31.5 Å². The molecule has 1 saturated heterocycles. The zero-order valence-corrected chi connectivity index (χ0v) is 15.2. The summed E-state index contributed by atoms with van der Waals surface area (Å²) < 4.78 is 5.72. The van der Waals surface area contributed by atoms with Crippen molar-refractivity contribution in [1.29, 1.82) is 0 Å². The summed E-state index contributed by atoms with van der Waals surface area (Å²) in [6, 6.07) is 14.7. The Morgan fingerprint density at radius 2 is 1.81 bits per heavy atom. The summed E-state index contributed by atoms with van der Waals surface area (Å²) in [5.74, 6) is 0.327. The molecular formula is C21H24N2O3. The normalized spacial score (nSPS) is 14.8. The molecule has 3 rings (SSSR count). The predicted molar refractivity (Wildman–Crippen MR) is 101 cm³/mol. The maximum Gasteiger partial charge on any atom is 0.265 e. The van der Waals surface area contributed by atoms with Gasteiger partial charge in [0.2, 0.25) is 0 Å². The van der Waals surface area contributed by atoms with Crippen LogP contribution in [0.25, 0.3) is 0 Å². The second-order valence-electron chi connectivity index (χ2n) is 6.61. The zero-order valence-electron chi connectivity index (χ0n) is 15.2. The van der Waals surface area contributed by atoms with Crippen LogP contribution in [0.3, 0.4) is 0 Å². The summed E-state index contributed by atoms with van der Waals surface area (Å²) >= 11 is 0. The van der Waals surface area contributed by atoms with Crippen molar-refractivity contribution in [2.45, 2.75) is 32.8 Å². The first-order valence-electron chi connectivity index (χ1n) is 8.97. The molecule has 1 aliphatic rings. The lowest BCUT2D eigenvalue weighted by Crippen LogP contribution is -2.32. The molecule has 1 aliphatic heterocycles. The number of ether oxygens (including phenoxy) is 1.